The minimum absolute atomic E-state index is 0.258. The Morgan fingerprint density at radius 3 is 3.07 bits per heavy atom. The molecule has 1 unspecified atom stereocenters. The van der Waals surface area contributed by atoms with Crippen molar-refractivity contribution in [2.24, 2.45) is 0 Å². The van der Waals surface area contributed by atoms with E-state index in [-0.39, 0.29) is 6.04 Å². The highest BCUT2D eigenvalue weighted by Crippen LogP contribution is 2.25. The van der Waals surface area contributed by atoms with Gasteiger partial charge >= 0.3 is 0 Å². The number of nitrogens with zero attached hydrogens (tertiary/aromatic N) is 3. The SMILES string of the molecule is CCNC(C)c1nnc(-c2cn[nH]c2)s1. The summed E-state index contributed by atoms with van der Waals surface area (Å²) in [5, 5.41) is 20.2. The van der Waals surface area contributed by atoms with Gasteiger partial charge in [-0.15, -0.1) is 10.2 Å². The van der Waals surface area contributed by atoms with Crippen molar-refractivity contribution < 1.29 is 0 Å². The normalized spacial score (nSPS) is 12.9. The third-order valence-electron chi connectivity index (χ3n) is 2.07. The zero-order valence-corrected chi connectivity index (χ0v) is 9.51. The second kappa shape index (κ2) is 4.50. The quantitative estimate of drug-likeness (QED) is 0.826. The first kappa shape index (κ1) is 10.3. The largest absolute Gasteiger partial charge is 0.308 e. The lowest BCUT2D eigenvalue weighted by molar-refractivity contribution is 0.590. The summed E-state index contributed by atoms with van der Waals surface area (Å²) >= 11 is 1.59. The van der Waals surface area contributed by atoms with Crippen LogP contribution in [0.2, 0.25) is 0 Å². The molecule has 1 atom stereocenters. The Morgan fingerprint density at radius 1 is 1.53 bits per heavy atom. The van der Waals surface area contributed by atoms with Gasteiger partial charge in [-0.25, -0.2) is 0 Å². The minimum atomic E-state index is 0.258. The number of H-pyrrole nitrogens is 1. The summed E-state index contributed by atoms with van der Waals surface area (Å²) in [5.74, 6) is 0. The molecule has 0 spiro atoms. The summed E-state index contributed by atoms with van der Waals surface area (Å²) in [6, 6.07) is 0.258. The van der Waals surface area contributed by atoms with Crippen LogP contribution in [0.5, 0.6) is 0 Å². The van der Waals surface area contributed by atoms with Gasteiger partial charge in [0.1, 0.15) is 5.01 Å². The smallest absolute Gasteiger partial charge is 0.151 e. The fourth-order valence-corrected chi connectivity index (χ4v) is 2.14. The maximum absolute atomic E-state index is 4.16. The Labute approximate surface area is 91.9 Å². The van der Waals surface area contributed by atoms with Crippen LogP contribution in [0.3, 0.4) is 0 Å². The van der Waals surface area contributed by atoms with Gasteiger partial charge in [0.05, 0.1) is 17.8 Å². The minimum Gasteiger partial charge on any atom is -0.308 e. The van der Waals surface area contributed by atoms with E-state index in [1.807, 2.05) is 6.20 Å². The van der Waals surface area contributed by atoms with E-state index in [1.165, 1.54) is 0 Å². The van der Waals surface area contributed by atoms with Crippen LogP contribution >= 0.6 is 11.3 Å². The van der Waals surface area contributed by atoms with Crippen molar-refractivity contribution in [2.75, 3.05) is 6.54 Å². The van der Waals surface area contributed by atoms with E-state index in [1.54, 1.807) is 17.5 Å². The lowest BCUT2D eigenvalue weighted by Crippen LogP contribution is -2.17. The fourth-order valence-electron chi connectivity index (χ4n) is 1.29. The molecule has 0 amide bonds. The Hall–Kier alpha value is -1.27. The Bertz CT molecular complexity index is 408. The molecule has 5 nitrogen and oxygen atoms in total. The van der Waals surface area contributed by atoms with Crippen LogP contribution in [0.15, 0.2) is 12.4 Å². The predicted octanol–water partition coefficient (Wildman–Crippen LogP) is 1.60. The molecule has 2 N–H and O–H groups in total. The van der Waals surface area contributed by atoms with Crippen LogP contribution < -0.4 is 5.32 Å². The average molecular weight is 223 g/mol. The van der Waals surface area contributed by atoms with Gasteiger partial charge in [0.15, 0.2) is 5.01 Å². The van der Waals surface area contributed by atoms with Crippen LogP contribution in [0.25, 0.3) is 10.6 Å². The number of aromatic nitrogens is 4. The second-order valence-electron chi connectivity index (χ2n) is 3.21. The van der Waals surface area contributed by atoms with E-state index in [4.69, 9.17) is 0 Å². The van der Waals surface area contributed by atoms with Crippen LogP contribution in [0, 0.1) is 0 Å². The van der Waals surface area contributed by atoms with Crippen molar-refractivity contribution in [1.82, 2.24) is 25.7 Å². The topological polar surface area (TPSA) is 66.5 Å². The van der Waals surface area contributed by atoms with E-state index in [9.17, 15) is 0 Å². The molecule has 0 aliphatic carbocycles. The van der Waals surface area contributed by atoms with Crippen LogP contribution in [-0.4, -0.2) is 26.9 Å². The first-order chi connectivity index (χ1) is 7.31. The highest BCUT2D eigenvalue weighted by molar-refractivity contribution is 7.14. The van der Waals surface area contributed by atoms with Gasteiger partial charge in [-0.1, -0.05) is 18.3 Å². The molecule has 2 heterocycles. The fraction of sp³-hybridized carbons (Fsp3) is 0.444. The summed E-state index contributed by atoms with van der Waals surface area (Å²) < 4.78 is 0. The van der Waals surface area contributed by atoms with Gasteiger partial charge in [0.2, 0.25) is 0 Å². The lowest BCUT2D eigenvalue weighted by Gasteiger charge is -2.06. The van der Waals surface area contributed by atoms with E-state index in [0.29, 0.717) is 0 Å². The molecular weight excluding hydrogens is 210 g/mol. The molecule has 0 fully saturated rings. The molecule has 15 heavy (non-hydrogen) atoms. The molecule has 0 saturated heterocycles. The van der Waals surface area contributed by atoms with Gasteiger partial charge in [-0.3, -0.25) is 5.10 Å². The van der Waals surface area contributed by atoms with Gasteiger partial charge in [0, 0.05) is 6.20 Å². The first-order valence-electron chi connectivity index (χ1n) is 4.87. The lowest BCUT2D eigenvalue weighted by atomic mass is 10.3. The van der Waals surface area contributed by atoms with Gasteiger partial charge in [-0.05, 0) is 13.5 Å². The summed E-state index contributed by atoms with van der Waals surface area (Å²) in [4.78, 5) is 0. The van der Waals surface area contributed by atoms with Crippen molar-refractivity contribution in [2.45, 2.75) is 19.9 Å². The van der Waals surface area contributed by atoms with E-state index >= 15 is 0 Å². The zero-order chi connectivity index (χ0) is 10.7. The summed E-state index contributed by atoms with van der Waals surface area (Å²) in [6.45, 7) is 5.10. The van der Waals surface area contributed by atoms with Crippen molar-refractivity contribution >= 4 is 11.3 Å². The number of nitrogens with one attached hydrogen (secondary N) is 2. The Kier molecular flexibility index (Phi) is 3.08. The molecule has 0 radical (unpaired) electrons. The number of rotatable bonds is 4. The number of hydrogen-bond acceptors (Lipinski definition) is 5. The van der Waals surface area contributed by atoms with Crippen LogP contribution in [0.4, 0.5) is 0 Å². The Morgan fingerprint density at radius 2 is 2.40 bits per heavy atom. The molecular formula is C9H13N5S. The molecule has 0 saturated carbocycles. The van der Waals surface area contributed by atoms with E-state index in [0.717, 1.165) is 22.1 Å². The average Bonchev–Trinajstić information content (AvgIpc) is 2.89. The molecule has 0 aromatic carbocycles. The number of hydrogen-bond donors (Lipinski definition) is 2. The van der Waals surface area contributed by atoms with Gasteiger partial charge in [-0.2, -0.15) is 5.10 Å². The molecule has 2 aromatic heterocycles. The van der Waals surface area contributed by atoms with Crippen molar-refractivity contribution in [3.05, 3.63) is 17.4 Å². The summed E-state index contributed by atoms with van der Waals surface area (Å²) in [7, 11) is 0. The predicted molar refractivity (Wildman–Crippen MR) is 59.6 cm³/mol. The van der Waals surface area contributed by atoms with E-state index < -0.39 is 0 Å². The van der Waals surface area contributed by atoms with Crippen molar-refractivity contribution in [3.8, 4) is 10.6 Å². The molecule has 6 heteroatoms. The van der Waals surface area contributed by atoms with Crippen molar-refractivity contribution in [3.63, 3.8) is 0 Å². The van der Waals surface area contributed by atoms with Crippen LogP contribution in [0.1, 0.15) is 24.9 Å². The third kappa shape index (κ3) is 2.21. The molecule has 2 aromatic rings. The standard InChI is InChI=1S/C9H13N5S/c1-3-10-6(2)8-13-14-9(15-8)7-4-11-12-5-7/h4-6,10H,3H2,1-2H3,(H,11,12). The maximum atomic E-state index is 4.16. The number of aromatic amines is 1. The maximum Gasteiger partial charge on any atom is 0.151 e. The second-order valence-corrected chi connectivity index (χ2v) is 4.22. The highest BCUT2D eigenvalue weighted by Gasteiger charge is 2.12. The molecule has 0 aliphatic rings. The molecule has 2 rings (SSSR count). The monoisotopic (exact) mass is 223 g/mol. The highest BCUT2D eigenvalue weighted by atomic mass is 32.1. The first-order valence-corrected chi connectivity index (χ1v) is 5.69. The molecule has 0 aliphatic heterocycles. The molecule has 80 valence electrons. The van der Waals surface area contributed by atoms with Gasteiger partial charge < -0.3 is 5.32 Å². The van der Waals surface area contributed by atoms with Crippen molar-refractivity contribution in [1.29, 1.82) is 0 Å². The zero-order valence-electron chi connectivity index (χ0n) is 8.69. The summed E-state index contributed by atoms with van der Waals surface area (Å²) in [6.07, 6.45) is 3.57. The van der Waals surface area contributed by atoms with Gasteiger partial charge in [0.25, 0.3) is 0 Å². The van der Waals surface area contributed by atoms with E-state index in [2.05, 4.69) is 39.6 Å². The van der Waals surface area contributed by atoms with Crippen LogP contribution in [-0.2, 0) is 0 Å². The third-order valence-corrected chi connectivity index (χ3v) is 3.22. The molecule has 0 bridgehead atoms. The summed E-state index contributed by atoms with van der Waals surface area (Å²) in [5.41, 5.74) is 0.988. The Balaban J connectivity index is 2.17.